The molecule has 2 N–H and O–H groups in total. The number of benzene rings is 1. The number of halogens is 2. The van der Waals surface area contributed by atoms with Gasteiger partial charge < -0.3 is 10.5 Å². The molecule has 0 bridgehead atoms. The van der Waals surface area contributed by atoms with Gasteiger partial charge in [0.1, 0.15) is 10.0 Å². The first-order valence-corrected chi connectivity index (χ1v) is 7.51. The summed E-state index contributed by atoms with van der Waals surface area (Å²) in [5, 5.41) is 1.08. The number of aromatic nitrogens is 1. The molecule has 0 saturated heterocycles. The molecule has 0 aliphatic heterocycles. The molecule has 7 heteroatoms. The highest BCUT2D eigenvalue weighted by Gasteiger charge is 2.18. The lowest BCUT2D eigenvalue weighted by Crippen LogP contribution is -2.04. The van der Waals surface area contributed by atoms with Crippen LogP contribution in [0, 0.1) is 3.57 Å². The first kappa shape index (κ1) is 13.8. The summed E-state index contributed by atoms with van der Waals surface area (Å²) in [6.07, 6.45) is 0. The van der Waals surface area contributed by atoms with Crippen molar-refractivity contribution in [2.24, 2.45) is 0 Å². The van der Waals surface area contributed by atoms with Gasteiger partial charge in [0.2, 0.25) is 0 Å². The van der Waals surface area contributed by atoms with Crippen LogP contribution >= 0.6 is 49.9 Å². The van der Waals surface area contributed by atoms with E-state index in [1.807, 2.05) is 18.2 Å². The van der Waals surface area contributed by atoms with Crippen molar-refractivity contribution < 1.29 is 9.53 Å². The molecule has 18 heavy (non-hydrogen) atoms. The van der Waals surface area contributed by atoms with Crippen molar-refractivity contribution in [1.29, 1.82) is 0 Å². The van der Waals surface area contributed by atoms with E-state index in [-0.39, 0.29) is 5.69 Å². The van der Waals surface area contributed by atoms with Gasteiger partial charge in [0.15, 0.2) is 5.69 Å². The van der Waals surface area contributed by atoms with Crippen LogP contribution in [-0.2, 0) is 4.74 Å². The third-order valence-electron chi connectivity index (χ3n) is 2.19. The summed E-state index contributed by atoms with van der Waals surface area (Å²) in [6, 6.07) is 5.86. The van der Waals surface area contributed by atoms with Crippen LogP contribution in [0.3, 0.4) is 0 Å². The van der Waals surface area contributed by atoms with E-state index < -0.39 is 5.97 Å². The van der Waals surface area contributed by atoms with E-state index >= 15 is 0 Å². The number of anilines is 1. The highest BCUT2D eigenvalue weighted by Crippen LogP contribution is 2.34. The van der Waals surface area contributed by atoms with Crippen molar-refractivity contribution in [3.8, 4) is 10.6 Å². The molecule has 0 atom stereocenters. The number of hydrogen-bond donors (Lipinski definition) is 1. The van der Waals surface area contributed by atoms with Crippen LogP contribution in [-0.4, -0.2) is 18.1 Å². The monoisotopic (exact) mass is 438 g/mol. The standard InChI is InChI=1S/C11H8BrIN2O2S/c1-17-11(16)8-9(14)18-10(15-8)6-4-5(12)2-3-7(6)13/h2-4H,14H2,1H3. The molecule has 2 aromatic rings. The Bertz CT molecular complexity index is 615. The molecule has 1 aromatic carbocycles. The summed E-state index contributed by atoms with van der Waals surface area (Å²) < 4.78 is 6.63. The first-order chi connectivity index (χ1) is 8.52. The number of nitrogens with zero attached hydrogens (tertiary/aromatic N) is 1. The van der Waals surface area contributed by atoms with E-state index in [0.717, 1.165) is 13.6 Å². The van der Waals surface area contributed by atoms with Crippen molar-refractivity contribution in [3.63, 3.8) is 0 Å². The molecule has 1 aromatic heterocycles. The van der Waals surface area contributed by atoms with Crippen molar-refractivity contribution in [3.05, 3.63) is 31.9 Å². The summed E-state index contributed by atoms with van der Waals surface area (Å²) in [5.41, 5.74) is 6.90. The molecule has 0 unspecified atom stereocenters. The van der Waals surface area contributed by atoms with E-state index in [1.54, 1.807) is 0 Å². The summed E-state index contributed by atoms with van der Waals surface area (Å²) in [4.78, 5) is 15.7. The maximum Gasteiger partial charge on any atom is 0.359 e. The van der Waals surface area contributed by atoms with Crippen LogP contribution in [0.1, 0.15) is 10.5 Å². The third-order valence-corrected chi connectivity index (χ3v) is 4.54. The number of hydrogen-bond acceptors (Lipinski definition) is 5. The minimum Gasteiger partial charge on any atom is -0.464 e. The fraction of sp³-hybridized carbons (Fsp3) is 0.0909. The Morgan fingerprint density at radius 2 is 2.28 bits per heavy atom. The lowest BCUT2D eigenvalue weighted by molar-refractivity contribution is 0.0596. The highest BCUT2D eigenvalue weighted by atomic mass is 127. The largest absolute Gasteiger partial charge is 0.464 e. The van der Waals surface area contributed by atoms with E-state index in [4.69, 9.17) is 5.73 Å². The zero-order chi connectivity index (χ0) is 13.3. The minimum absolute atomic E-state index is 0.174. The lowest BCUT2D eigenvalue weighted by atomic mass is 10.2. The average Bonchev–Trinajstić information content (AvgIpc) is 2.73. The van der Waals surface area contributed by atoms with Crippen LogP contribution in [0.2, 0.25) is 0 Å². The number of nitrogen functional groups attached to an aromatic ring is 1. The summed E-state index contributed by atoms with van der Waals surface area (Å²) in [6.45, 7) is 0. The molecule has 0 fully saturated rings. The number of ether oxygens (including phenoxy) is 1. The molecular weight excluding hydrogens is 431 g/mol. The predicted octanol–water partition coefficient (Wildman–Crippen LogP) is 3.55. The van der Waals surface area contributed by atoms with Gasteiger partial charge in [-0.15, -0.1) is 0 Å². The Morgan fingerprint density at radius 1 is 1.56 bits per heavy atom. The van der Waals surface area contributed by atoms with Crippen molar-refractivity contribution in [1.82, 2.24) is 4.98 Å². The lowest BCUT2D eigenvalue weighted by Gasteiger charge is -2.00. The number of esters is 1. The maximum atomic E-state index is 11.5. The number of carbonyl (C=O) groups is 1. The fourth-order valence-corrected chi connectivity index (χ4v) is 3.34. The highest BCUT2D eigenvalue weighted by molar-refractivity contribution is 14.1. The topological polar surface area (TPSA) is 65.2 Å². The second-order valence-electron chi connectivity index (χ2n) is 3.35. The van der Waals surface area contributed by atoms with Gasteiger partial charge in [0.25, 0.3) is 0 Å². The molecule has 0 aliphatic carbocycles. The van der Waals surface area contributed by atoms with Gasteiger partial charge in [0.05, 0.1) is 7.11 Å². The Balaban J connectivity index is 2.52. The number of thiazole rings is 1. The van der Waals surface area contributed by atoms with Crippen LogP contribution in [0.15, 0.2) is 22.7 Å². The molecule has 0 radical (unpaired) electrons. The number of rotatable bonds is 2. The van der Waals surface area contributed by atoms with Gasteiger partial charge in [-0.05, 0) is 40.8 Å². The van der Waals surface area contributed by atoms with Gasteiger partial charge in [-0.2, -0.15) is 0 Å². The predicted molar refractivity (Wildman–Crippen MR) is 83.7 cm³/mol. The van der Waals surface area contributed by atoms with Gasteiger partial charge in [-0.1, -0.05) is 27.3 Å². The normalized spacial score (nSPS) is 10.4. The first-order valence-electron chi connectivity index (χ1n) is 4.83. The average molecular weight is 439 g/mol. The van der Waals surface area contributed by atoms with Gasteiger partial charge in [-0.3, -0.25) is 0 Å². The maximum absolute atomic E-state index is 11.5. The summed E-state index contributed by atoms with van der Waals surface area (Å²) in [5.74, 6) is -0.514. The Kier molecular flexibility index (Phi) is 4.23. The van der Waals surface area contributed by atoms with Gasteiger partial charge in [0, 0.05) is 13.6 Å². The van der Waals surface area contributed by atoms with Crippen molar-refractivity contribution in [2.45, 2.75) is 0 Å². The molecule has 2 rings (SSSR count). The fourth-order valence-electron chi connectivity index (χ4n) is 1.35. The van der Waals surface area contributed by atoms with Crippen LogP contribution in [0.4, 0.5) is 5.00 Å². The molecule has 1 heterocycles. The van der Waals surface area contributed by atoms with E-state index in [1.165, 1.54) is 18.4 Å². The molecule has 0 amide bonds. The number of carbonyl (C=O) groups excluding carboxylic acids is 1. The summed E-state index contributed by atoms with van der Waals surface area (Å²) in [7, 11) is 1.31. The van der Waals surface area contributed by atoms with Gasteiger partial charge in [-0.25, -0.2) is 9.78 Å². The Hall–Kier alpha value is -0.670. The van der Waals surface area contributed by atoms with E-state index in [2.05, 4.69) is 48.2 Å². The molecule has 4 nitrogen and oxygen atoms in total. The van der Waals surface area contributed by atoms with Crippen molar-refractivity contribution in [2.75, 3.05) is 12.8 Å². The zero-order valence-corrected chi connectivity index (χ0v) is 13.8. The smallest absolute Gasteiger partial charge is 0.359 e. The molecular formula is C11H8BrIN2O2S. The van der Waals surface area contributed by atoms with Gasteiger partial charge >= 0.3 is 5.97 Å². The molecule has 0 saturated carbocycles. The molecule has 94 valence electrons. The Labute approximate surface area is 130 Å². The molecule has 0 aliphatic rings. The Morgan fingerprint density at radius 3 is 2.94 bits per heavy atom. The minimum atomic E-state index is -0.514. The van der Waals surface area contributed by atoms with Crippen molar-refractivity contribution >= 4 is 60.8 Å². The summed E-state index contributed by atoms with van der Waals surface area (Å²) >= 11 is 6.90. The number of nitrogens with two attached hydrogens (primary N) is 1. The molecule has 0 spiro atoms. The second-order valence-corrected chi connectivity index (χ2v) is 6.46. The SMILES string of the molecule is COC(=O)c1nc(-c2cc(Br)ccc2I)sc1N. The second kappa shape index (κ2) is 5.54. The third kappa shape index (κ3) is 2.67. The number of methoxy groups -OCH3 is 1. The van der Waals surface area contributed by atoms with Crippen LogP contribution in [0.5, 0.6) is 0 Å². The zero-order valence-electron chi connectivity index (χ0n) is 9.24. The van der Waals surface area contributed by atoms with E-state index in [0.29, 0.717) is 10.0 Å². The quantitative estimate of drug-likeness (QED) is 0.575. The van der Waals surface area contributed by atoms with Crippen LogP contribution in [0.25, 0.3) is 10.6 Å². The van der Waals surface area contributed by atoms with E-state index in [9.17, 15) is 4.79 Å². The van der Waals surface area contributed by atoms with Crippen LogP contribution < -0.4 is 5.73 Å².